The predicted octanol–water partition coefficient (Wildman–Crippen LogP) is 3.84. The van der Waals surface area contributed by atoms with E-state index in [4.69, 9.17) is 9.16 Å². The summed E-state index contributed by atoms with van der Waals surface area (Å²) in [5.41, 5.74) is -0.0436. The van der Waals surface area contributed by atoms with Crippen LogP contribution in [0.5, 0.6) is 0 Å². The highest BCUT2D eigenvalue weighted by Gasteiger charge is 2.42. The third kappa shape index (κ3) is 4.94. The van der Waals surface area contributed by atoms with Crippen molar-refractivity contribution in [2.24, 2.45) is 0 Å². The Hall–Kier alpha value is -0.613. The van der Waals surface area contributed by atoms with E-state index in [1.54, 1.807) is 0 Å². The van der Waals surface area contributed by atoms with Gasteiger partial charge >= 0.3 is 5.97 Å². The largest absolute Gasteiger partial charge is 0.460 e. The SMILES string of the molecule is C=CC(=O)OC(CCCC)[Si](CC)(CC)OCC. The van der Waals surface area contributed by atoms with Crippen LogP contribution in [-0.2, 0) is 14.0 Å². The van der Waals surface area contributed by atoms with Gasteiger partial charge in [0.05, 0.1) is 0 Å². The average Bonchev–Trinajstić information content (AvgIpc) is 2.40. The molecule has 0 amide bonds. The van der Waals surface area contributed by atoms with Gasteiger partial charge in [0, 0.05) is 12.7 Å². The van der Waals surface area contributed by atoms with Crippen LogP contribution in [0.3, 0.4) is 0 Å². The van der Waals surface area contributed by atoms with E-state index < -0.39 is 8.32 Å². The van der Waals surface area contributed by atoms with Crippen LogP contribution in [0.25, 0.3) is 0 Å². The van der Waals surface area contributed by atoms with Gasteiger partial charge < -0.3 is 9.16 Å². The normalized spacial score (nSPS) is 13.1. The fraction of sp³-hybridized carbons (Fsp3) is 0.786. The van der Waals surface area contributed by atoms with Crippen LogP contribution in [0.1, 0.15) is 47.0 Å². The zero-order valence-electron chi connectivity index (χ0n) is 12.3. The van der Waals surface area contributed by atoms with Crippen LogP contribution in [0, 0.1) is 0 Å². The lowest BCUT2D eigenvalue weighted by molar-refractivity contribution is -0.140. The molecular weight excluding hydrogens is 244 g/mol. The van der Waals surface area contributed by atoms with Crippen LogP contribution < -0.4 is 0 Å². The van der Waals surface area contributed by atoms with Crippen molar-refractivity contribution < 1.29 is 14.0 Å². The maximum atomic E-state index is 11.5. The Morgan fingerprint density at radius 1 is 1.28 bits per heavy atom. The molecular formula is C14H28O3Si. The number of hydrogen-bond donors (Lipinski definition) is 0. The smallest absolute Gasteiger partial charge is 0.330 e. The van der Waals surface area contributed by atoms with Gasteiger partial charge in [-0.25, -0.2) is 4.79 Å². The Morgan fingerprint density at radius 2 is 1.89 bits per heavy atom. The van der Waals surface area contributed by atoms with Crippen LogP contribution >= 0.6 is 0 Å². The first-order valence-corrected chi connectivity index (χ1v) is 9.47. The van der Waals surface area contributed by atoms with E-state index >= 15 is 0 Å². The molecule has 0 spiro atoms. The number of hydrogen-bond acceptors (Lipinski definition) is 3. The van der Waals surface area contributed by atoms with Gasteiger partial charge in [0.15, 0.2) is 0 Å². The summed E-state index contributed by atoms with van der Waals surface area (Å²) in [4.78, 5) is 11.5. The Kier molecular flexibility index (Phi) is 9.02. The highest BCUT2D eigenvalue weighted by molar-refractivity contribution is 6.75. The Morgan fingerprint density at radius 3 is 2.28 bits per heavy atom. The number of unbranched alkanes of at least 4 members (excludes halogenated alkanes) is 1. The molecule has 0 aliphatic heterocycles. The quantitative estimate of drug-likeness (QED) is 0.344. The molecule has 0 radical (unpaired) electrons. The van der Waals surface area contributed by atoms with Crippen LogP contribution in [0.15, 0.2) is 12.7 Å². The molecule has 0 N–H and O–H groups in total. The second-order valence-corrected chi connectivity index (χ2v) is 8.95. The standard InChI is InChI=1S/C14H28O3Si/c1-6-11-12-14(17-13(15)7-2)18(9-4,10-5)16-8-3/h7,14H,2,6,8-12H2,1,3-5H3. The Bertz CT molecular complexity index is 249. The lowest BCUT2D eigenvalue weighted by Gasteiger charge is -2.36. The molecule has 0 rings (SSSR count). The molecule has 0 heterocycles. The first-order valence-electron chi connectivity index (χ1n) is 7.07. The Balaban J connectivity index is 4.94. The second kappa shape index (κ2) is 9.33. The number of carbonyl (C=O) groups excluding carboxylic acids is 1. The molecule has 0 bridgehead atoms. The summed E-state index contributed by atoms with van der Waals surface area (Å²) in [7, 11) is -1.98. The fourth-order valence-electron chi connectivity index (χ4n) is 2.30. The number of rotatable bonds is 10. The van der Waals surface area contributed by atoms with E-state index in [1.165, 1.54) is 6.08 Å². The monoisotopic (exact) mass is 272 g/mol. The molecule has 0 aromatic carbocycles. The molecule has 0 aromatic rings. The number of ether oxygens (including phenoxy) is 1. The highest BCUT2D eigenvalue weighted by Crippen LogP contribution is 2.27. The molecule has 4 heteroatoms. The van der Waals surface area contributed by atoms with Crippen molar-refractivity contribution in [3.63, 3.8) is 0 Å². The zero-order valence-corrected chi connectivity index (χ0v) is 13.3. The van der Waals surface area contributed by atoms with E-state index in [-0.39, 0.29) is 11.7 Å². The summed E-state index contributed by atoms with van der Waals surface area (Å²) in [5.74, 6) is -0.324. The van der Waals surface area contributed by atoms with E-state index in [9.17, 15) is 4.79 Å². The average molecular weight is 272 g/mol. The molecule has 0 aliphatic carbocycles. The molecule has 18 heavy (non-hydrogen) atoms. The maximum Gasteiger partial charge on any atom is 0.330 e. The van der Waals surface area contributed by atoms with Crippen LogP contribution in [0.4, 0.5) is 0 Å². The summed E-state index contributed by atoms with van der Waals surface area (Å²) in [6, 6.07) is 1.96. The molecule has 0 saturated heterocycles. The van der Waals surface area contributed by atoms with Crippen molar-refractivity contribution >= 4 is 14.3 Å². The van der Waals surface area contributed by atoms with Crippen LogP contribution in [0.2, 0.25) is 12.1 Å². The summed E-state index contributed by atoms with van der Waals surface area (Å²) in [6.07, 6.45) is 4.32. The third-order valence-corrected chi connectivity index (χ3v) is 8.30. The second-order valence-electron chi connectivity index (χ2n) is 4.48. The number of carbonyl (C=O) groups is 1. The topological polar surface area (TPSA) is 35.5 Å². The van der Waals surface area contributed by atoms with Crippen LogP contribution in [-0.4, -0.2) is 26.6 Å². The third-order valence-electron chi connectivity index (χ3n) is 3.46. The van der Waals surface area contributed by atoms with Crippen molar-refractivity contribution in [3.8, 4) is 0 Å². The van der Waals surface area contributed by atoms with Crippen molar-refractivity contribution in [1.29, 1.82) is 0 Å². The lowest BCUT2D eigenvalue weighted by Crippen LogP contribution is -2.51. The first kappa shape index (κ1) is 17.4. The molecule has 0 aliphatic rings. The molecule has 0 saturated carbocycles. The molecule has 1 unspecified atom stereocenters. The van der Waals surface area contributed by atoms with Crippen molar-refractivity contribution in [1.82, 2.24) is 0 Å². The molecule has 0 fully saturated rings. The summed E-state index contributed by atoms with van der Waals surface area (Å²) < 4.78 is 11.6. The minimum atomic E-state index is -1.98. The molecule has 0 aromatic heterocycles. The molecule has 1 atom stereocenters. The summed E-state index contributed by atoms with van der Waals surface area (Å²) >= 11 is 0. The van der Waals surface area contributed by atoms with E-state index in [1.807, 2.05) is 6.92 Å². The zero-order chi connectivity index (χ0) is 14.0. The molecule has 106 valence electrons. The van der Waals surface area contributed by atoms with Gasteiger partial charge in [0.25, 0.3) is 0 Å². The minimum absolute atomic E-state index is 0.0436. The summed E-state index contributed by atoms with van der Waals surface area (Å²) in [5, 5.41) is 0. The van der Waals surface area contributed by atoms with Gasteiger partial charge in [-0.15, -0.1) is 0 Å². The van der Waals surface area contributed by atoms with Crippen molar-refractivity contribution in [2.45, 2.75) is 64.8 Å². The van der Waals surface area contributed by atoms with Crippen molar-refractivity contribution in [3.05, 3.63) is 12.7 Å². The predicted molar refractivity (Wildman–Crippen MR) is 77.9 cm³/mol. The van der Waals surface area contributed by atoms with Gasteiger partial charge in [-0.3, -0.25) is 0 Å². The minimum Gasteiger partial charge on any atom is -0.460 e. The van der Waals surface area contributed by atoms with Gasteiger partial charge in [0.2, 0.25) is 8.32 Å². The van der Waals surface area contributed by atoms with E-state index in [0.717, 1.165) is 31.4 Å². The molecule has 3 nitrogen and oxygen atoms in total. The maximum absolute atomic E-state index is 11.5. The van der Waals surface area contributed by atoms with E-state index in [0.29, 0.717) is 6.61 Å². The van der Waals surface area contributed by atoms with Gasteiger partial charge in [-0.1, -0.05) is 40.2 Å². The van der Waals surface area contributed by atoms with E-state index in [2.05, 4.69) is 27.4 Å². The fourth-order valence-corrected chi connectivity index (χ4v) is 5.94. The lowest BCUT2D eigenvalue weighted by atomic mass is 10.3. The van der Waals surface area contributed by atoms with Gasteiger partial charge in [-0.05, 0) is 25.4 Å². The van der Waals surface area contributed by atoms with Crippen molar-refractivity contribution in [2.75, 3.05) is 6.61 Å². The van der Waals surface area contributed by atoms with Gasteiger partial charge in [-0.2, -0.15) is 0 Å². The first-order chi connectivity index (χ1) is 8.60. The Labute approximate surface area is 113 Å². The van der Waals surface area contributed by atoms with Gasteiger partial charge in [0.1, 0.15) is 5.73 Å². The highest BCUT2D eigenvalue weighted by atomic mass is 28.4. The number of esters is 1. The summed E-state index contributed by atoms with van der Waals surface area (Å²) in [6.45, 7) is 12.6.